The molecule has 17 heavy (non-hydrogen) atoms. The Kier molecular flexibility index (Phi) is 3.94. The lowest BCUT2D eigenvalue weighted by Gasteiger charge is -2.14. The molecule has 1 aliphatic carbocycles. The van der Waals surface area contributed by atoms with Gasteiger partial charge < -0.3 is 11.1 Å². The zero-order valence-electron chi connectivity index (χ0n) is 9.80. The van der Waals surface area contributed by atoms with E-state index in [2.05, 4.69) is 5.32 Å². The highest BCUT2D eigenvalue weighted by molar-refractivity contribution is 5.91. The molecular formula is C14H18N2O. The monoisotopic (exact) mass is 230 g/mol. The first-order valence-electron chi connectivity index (χ1n) is 6.03. The fourth-order valence-corrected chi connectivity index (χ4v) is 1.83. The second kappa shape index (κ2) is 5.64. The molecule has 1 atom stereocenters. The molecule has 1 fully saturated rings. The van der Waals surface area contributed by atoms with Crippen LogP contribution in [0.15, 0.2) is 36.4 Å². The lowest BCUT2D eigenvalue weighted by atomic mass is 10.2. The van der Waals surface area contributed by atoms with Crippen molar-refractivity contribution in [1.29, 1.82) is 0 Å². The molecule has 1 amide bonds. The summed E-state index contributed by atoms with van der Waals surface area (Å²) in [6, 6.07) is 9.92. The molecule has 3 heteroatoms. The van der Waals surface area contributed by atoms with Gasteiger partial charge in [-0.05, 0) is 30.4 Å². The number of carbonyl (C=O) groups excluding carboxylic acids is 1. The van der Waals surface area contributed by atoms with Gasteiger partial charge in [-0.3, -0.25) is 4.79 Å². The second-order valence-corrected chi connectivity index (χ2v) is 4.43. The summed E-state index contributed by atoms with van der Waals surface area (Å²) in [7, 11) is 0. The van der Waals surface area contributed by atoms with E-state index >= 15 is 0 Å². The molecule has 1 unspecified atom stereocenters. The van der Waals surface area contributed by atoms with Gasteiger partial charge >= 0.3 is 0 Å². The number of benzene rings is 1. The zero-order chi connectivity index (χ0) is 12.1. The third-order valence-corrected chi connectivity index (χ3v) is 3.00. The van der Waals surface area contributed by atoms with Gasteiger partial charge in [0.15, 0.2) is 0 Å². The summed E-state index contributed by atoms with van der Waals surface area (Å²) in [6.07, 6.45) is 5.76. The van der Waals surface area contributed by atoms with Gasteiger partial charge in [0.2, 0.25) is 5.91 Å². The molecule has 1 aliphatic rings. The van der Waals surface area contributed by atoms with E-state index in [1.807, 2.05) is 36.4 Å². The van der Waals surface area contributed by atoms with Gasteiger partial charge in [0.25, 0.3) is 0 Å². The quantitative estimate of drug-likeness (QED) is 0.754. The van der Waals surface area contributed by atoms with Gasteiger partial charge in [0.1, 0.15) is 0 Å². The maximum Gasteiger partial charge on any atom is 0.244 e. The maximum absolute atomic E-state index is 11.7. The van der Waals surface area contributed by atoms with Crippen LogP contribution in [-0.2, 0) is 4.79 Å². The average molecular weight is 230 g/mol. The van der Waals surface area contributed by atoms with Crippen molar-refractivity contribution in [3.63, 3.8) is 0 Å². The Hall–Kier alpha value is -1.61. The van der Waals surface area contributed by atoms with E-state index in [-0.39, 0.29) is 11.9 Å². The summed E-state index contributed by atoms with van der Waals surface area (Å²) >= 11 is 0. The Morgan fingerprint density at radius 1 is 1.41 bits per heavy atom. The van der Waals surface area contributed by atoms with Crippen LogP contribution in [-0.4, -0.2) is 18.5 Å². The fourth-order valence-electron chi connectivity index (χ4n) is 1.83. The van der Waals surface area contributed by atoms with Crippen LogP contribution in [0.25, 0.3) is 6.08 Å². The first-order chi connectivity index (χ1) is 8.29. The average Bonchev–Trinajstić information content (AvgIpc) is 3.19. The van der Waals surface area contributed by atoms with Crippen LogP contribution < -0.4 is 11.1 Å². The number of nitrogens with one attached hydrogen (secondary N) is 1. The Labute approximate surface area is 102 Å². The minimum absolute atomic E-state index is 0.0591. The smallest absolute Gasteiger partial charge is 0.244 e. The van der Waals surface area contributed by atoms with Crippen LogP contribution in [0.4, 0.5) is 0 Å². The van der Waals surface area contributed by atoms with Crippen molar-refractivity contribution in [3.05, 3.63) is 42.0 Å². The van der Waals surface area contributed by atoms with Crippen LogP contribution in [0.2, 0.25) is 0 Å². The number of nitrogens with two attached hydrogens (primary N) is 1. The number of hydrogen-bond donors (Lipinski definition) is 2. The molecule has 0 saturated heterocycles. The molecule has 2 rings (SSSR count). The van der Waals surface area contributed by atoms with Gasteiger partial charge in [0.05, 0.1) is 0 Å². The molecule has 0 heterocycles. The van der Waals surface area contributed by atoms with Crippen LogP contribution in [0.5, 0.6) is 0 Å². The lowest BCUT2D eigenvalue weighted by molar-refractivity contribution is -0.117. The van der Waals surface area contributed by atoms with E-state index in [4.69, 9.17) is 5.73 Å². The third-order valence-electron chi connectivity index (χ3n) is 3.00. The minimum atomic E-state index is -0.0591. The van der Waals surface area contributed by atoms with Crippen molar-refractivity contribution >= 4 is 12.0 Å². The summed E-state index contributed by atoms with van der Waals surface area (Å²) < 4.78 is 0. The van der Waals surface area contributed by atoms with Crippen molar-refractivity contribution in [2.24, 2.45) is 11.7 Å². The molecule has 0 aliphatic heterocycles. The molecular weight excluding hydrogens is 212 g/mol. The van der Waals surface area contributed by atoms with Crippen molar-refractivity contribution in [2.45, 2.75) is 18.9 Å². The van der Waals surface area contributed by atoms with Crippen LogP contribution >= 0.6 is 0 Å². The van der Waals surface area contributed by atoms with E-state index < -0.39 is 0 Å². The van der Waals surface area contributed by atoms with E-state index in [1.54, 1.807) is 6.08 Å². The lowest BCUT2D eigenvalue weighted by Crippen LogP contribution is -2.40. The molecule has 1 saturated carbocycles. The van der Waals surface area contributed by atoms with Crippen LogP contribution in [0.3, 0.4) is 0 Å². The second-order valence-electron chi connectivity index (χ2n) is 4.43. The zero-order valence-corrected chi connectivity index (χ0v) is 9.80. The number of carbonyl (C=O) groups is 1. The summed E-state index contributed by atoms with van der Waals surface area (Å²) in [6.45, 7) is 0.523. The summed E-state index contributed by atoms with van der Waals surface area (Å²) in [5, 5.41) is 2.95. The molecule has 0 spiro atoms. The molecule has 0 bridgehead atoms. The Morgan fingerprint density at radius 2 is 2.12 bits per heavy atom. The van der Waals surface area contributed by atoms with Gasteiger partial charge in [-0.2, -0.15) is 0 Å². The predicted molar refractivity (Wildman–Crippen MR) is 69.2 cm³/mol. The van der Waals surface area contributed by atoms with E-state index in [0.29, 0.717) is 12.5 Å². The standard InChI is InChI=1S/C14H18N2O/c15-10-13(12-7-8-12)16-14(17)9-6-11-4-2-1-3-5-11/h1-6,9,12-13H,7-8,10,15H2,(H,16,17). The first kappa shape index (κ1) is 11.9. The van der Waals surface area contributed by atoms with Gasteiger partial charge in [-0.15, -0.1) is 0 Å². The summed E-state index contributed by atoms with van der Waals surface area (Å²) in [5.41, 5.74) is 6.66. The van der Waals surface area contributed by atoms with Gasteiger partial charge in [-0.1, -0.05) is 30.3 Å². The molecule has 1 aromatic rings. The molecule has 3 N–H and O–H groups in total. The van der Waals surface area contributed by atoms with Crippen LogP contribution in [0.1, 0.15) is 18.4 Å². The molecule has 90 valence electrons. The number of rotatable bonds is 5. The van der Waals surface area contributed by atoms with Crippen molar-refractivity contribution in [3.8, 4) is 0 Å². The highest BCUT2D eigenvalue weighted by Gasteiger charge is 2.30. The topological polar surface area (TPSA) is 55.1 Å². The van der Waals surface area contributed by atoms with Crippen molar-refractivity contribution in [1.82, 2.24) is 5.32 Å². The summed E-state index contributed by atoms with van der Waals surface area (Å²) in [4.78, 5) is 11.7. The van der Waals surface area contributed by atoms with Crippen molar-refractivity contribution < 1.29 is 4.79 Å². The highest BCUT2D eigenvalue weighted by atomic mass is 16.1. The highest BCUT2D eigenvalue weighted by Crippen LogP contribution is 2.32. The van der Waals surface area contributed by atoms with Crippen molar-refractivity contribution in [2.75, 3.05) is 6.54 Å². The first-order valence-corrected chi connectivity index (χ1v) is 6.03. The largest absolute Gasteiger partial charge is 0.348 e. The molecule has 1 aromatic carbocycles. The normalized spacial score (nSPS) is 17.0. The molecule has 3 nitrogen and oxygen atoms in total. The summed E-state index contributed by atoms with van der Waals surface area (Å²) in [5.74, 6) is 0.533. The molecule has 0 aromatic heterocycles. The Balaban J connectivity index is 1.86. The number of hydrogen-bond acceptors (Lipinski definition) is 2. The fraction of sp³-hybridized carbons (Fsp3) is 0.357. The van der Waals surface area contributed by atoms with E-state index in [1.165, 1.54) is 12.8 Å². The Morgan fingerprint density at radius 3 is 2.71 bits per heavy atom. The number of amides is 1. The third kappa shape index (κ3) is 3.71. The molecule has 0 radical (unpaired) electrons. The minimum Gasteiger partial charge on any atom is -0.348 e. The van der Waals surface area contributed by atoms with E-state index in [0.717, 1.165) is 5.56 Å². The maximum atomic E-state index is 11.7. The Bertz CT molecular complexity index is 396. The predicted octanol–water partition coefficient (Wildman–Crippen LogP) is 1.55. The van der Waals surface area contributed by atoms with Gasteiger partial charge in [-0.25, -0.2) is 0 Å². The van der Waals surface area contributed by atoms with E-state index in [9.17, 15) is 4.79 Å². The van der Waals surface area contributed by atoms with Crippen LogP contribution in [0, 0.1) is 5.92 Å². The SMILES string of the molecule is NCC(NC(=O)C=Cc1ccccc1)C1CC1. The van der Waals surface area contributed by atoms with Gasteiger partial charge in [0, 0.05) is 18.7 Å².